The lowest BCUT2D eigenvalue weighted by molar-refractivity contribution is -0.159. The second-order valence-corrected chi connectivity index (χ2v) is 6.52. The number of rotatable bonds is 5. The Hall–Kier alpha value is -0.530. The van der Waals surface area contributed by atoms with E-state index in [-0.39, 0.29) is 17.5 Å². The molecule has 0 saturated heterocycles. The van der Waals surface area contributed by atoms with Crippen molar-refractivity contribution < 1.29 is 9.53 Å². The highest BCUT2D eigenvalue weighted by Crippen LogP contribution is 2.29. The maximum Gasteiger partial charge on any atom is 0.309 e. The van der Waals surface area contributed by atoms with Crippen molar-refractivity contribution in [3.05, 3.63) is 0 Å². The van der Waals surface area contributed by atoms with Gasteiger partial charge in [-0.25, -0.2) is 0 Å². The first-order valence-electron chi connectivity index (χ1n) is 7.11. The van der Waals surface area contributed by atoms with E-state index < -0.39 is 0 Å². The van der Waals surface area contributed by atoms with E-state index >= 15 is 0 Å². The molecule has 1 aliphatic carbocycles. The van der Waals surface area contributed by atoms with Gasteiger partial charge in [-0.2, -0.15) is 0 Å². The molecule has 1 fully saturated rings. The van der Waals surface area contributed by atoms with E-state index in [1.54, 1.807) is 0 Å². The van der Waals surface area contributed by atoms with Crippen molar-refractivity contribution in [1.29, 1.82) is 0 Å². The van der Waals surface area contributed by atoms with Crippen LogP contribution in [-0.4, -0.2) is 11.6 Å². The van der Waals surface area contributed by atoms with Crippen LogP contribution in [0.5, 0.6) is 0 Å². The number of carbonyl (C=O) groups excluding carboxylic acids is 1. The van der Waals surface area contributed by atoms with Crippen LogP contribution in [0, 0.1) is 11.8 Å². The average Bonchev–Trinajstić information content (AvgIpc) is 2.67. The third-order valence-electron chi connectivity index (χ3n) is 3.53. The number of ether oxygens (including phenoxy) is 1. The van der Waals surface area contributed by atoms with E-state index in [1.165, 1.54) is 38.5 Å². The van der Waals surface area contributed by atoms with Crippen molar-refractivity contribution in [1.82, 2.24) is 0 Å². The molecule has 1 unspecified atom stereocenters. The van der Waals surface area contributed by atoms with Crippen molar-refractivity contribution >= 4 is 5.97 Å². The smallest absolute Gasteiger partial charge is 0.309 e. The lowest BCUT2D eigenvalue weighted by Crippen LogP contribution is -2.27. The molecular formula is C15H28O2. The molecule has 0 aromatic rings. The monoisotopic (exact) mass is 240 g/mol. The quantitative estimate of drug-likeness (QED) is 0.669. The van der Waals surface area contributed by atoms with Crippen LogP contribution < -0.4 is 0 Å². The van der Waals surface area contributed by atoms with Gasteiger partial charge in [0.1, 0.15) is 5.60 Å². The Morgan fingerprint density at radius 3 is 2.41 bits per heavy atom. The van der Waals surface area contributed by atoms with Gasteiger partial charge in [-0.3, -0.25) is 4.79 Å². The summed E-state index contributed by atoms with van der Waals surface area (Å²) in [6.07, 6.45) is 9.07. The van der Waals surface area contributed by atoms with Gasteiger partial charge in [0.25, 0.3) is 0 Å². The molecule has 1 saturated carbocycles. The summed E-state index contributed by atoms with van der Waals surface area (Å²) in [6, 6.07) is 0. The molecule has 1 atom stereocenters. The Kier molecular flexibility index (Phi) is 5.48. The third kappa shape index (κ3) is 6.09. The number of hydrogen-bond donors (Lipinski definition) is 0. The van der Waals surface area contributed by atoms with Crippen LogP contribution in [0.4, 0.5) is 0 Å². The summed E-state index contributed by atoms with van der Waals surface area (Å²) in [6.45, 7) is 7.77. The van der Waals surface area contributed by atoms with Crippen molar-refractivity contribution in [2.24, 2.45) is 11.8 Å². The minimum Gasteiger partial charge on any atom is -0.460 e. The fourth-order valence-corrected chi connectivity index (χ4v) is 2.53. The molecule has 0 N–H and O–H groups in total. The summed E-state index contributed by atoms with van der Waals surface area (Å²) >= 11 is 0. The molecule has 17 heavy (non-hydrogen) atoms. The summed E-state index contributed by atoms with van der Waals surface area (Å²) in [5.74, 6) is 0.945. The van der Waals surface area contributed by atoms with E-state index in [1.807, 2.05) is 27.7 Å². The van der Waals surface area contributed by atoms with E-state index in [9.17, 15) is 4.79 Å². The van der Waals surface area contributed by atoms with Crippen molar-refractivity contribution in [3.8, 4) is 0 Å². The second-order valence-electron chi connectivity index (χ2n) is 6.52. The maximum atomic E-state index is 11.8. The second kappa shape index (κ2) is 6.42. The Morgan fingerprint density at radius 1 is 1.29 bits per heavy atom. The van der Waals surface area contributed by atoms with Crippen LogP contribution in [-0.2, 0) is 9.53 Å². The lowest BCUT2D eigenvalue weighted by atomic mass is 9.96. The van der Waals surface area contributed by atoms with Crippen molar-refractivity contribution in [3.63, 3.8) is 0 Å². The number of carbonyl (C=O) groups is 1. The summed E-state index contributed by atoms with van der Waals surface area (Å²) in [5.41, 5.74) is -0.350. The first-order valence-corrected chi connectivity index (χ1v) is 7.11. The Labute approximate surface area is 106 Å². The Morgan fingerprint density at radius 2 is 1.88 bits per heavy atom. The van der Waals surface area contributed by atoms with Gasteiger partial charge in [0.05, 0.1) is 5.92 Å². The standard InChI is InChI=1S/C15H28O2/c1-12(14(16)17-15(2,3)4)8-7-11-13-9-5-6-10-13/h12-13H,5-11H2,1-4H3. The largest absolute Gasteiger partial charge is 0.460 e. The molecule has 0 amide bonds. The summed E-state index contributed by atoms with van der Waals surface area (Å²) in [7, 11) is 0. The highest BCUT2D eigenvalue weighted by atomic mass is 16.6. The van der Waals surface area contributed by atoms with Gasteiger partial charge in [-0.1, -0.05) is 45.4 Å². The fourth-order valence-electron chi connectivity index (χ4n) is 2.53. The molecule has 1 rings (SSSR count). The van der Waals surface area contributed by atoms with Crippen LogP contribution in [0.1, 0.15) is 72.6 Å². The average molecular weight is 240 g/mol. The third-order valence-corrected chi connectivity index (χ3v) is 3.53. The molecule has 0 aromatic heterocycles. The number of hydrogen-bond acceptors (Lipinski definition) is 2. The van der Waals surface area contributed by atoms with Gasteiger partial charge in [-0.05, 0) is 33.1 Å². The van der Waals surface area contributed by atoms with Gasteiger partial charge >= 0.3 is 5.97 Å². The predicted octanol–water partition coefficient (Wildman–Crippen LogP) is 4.32. The van der Waals surface area contributed by atoms with Crippen LogP contribution >= 0.6 is 0 Å². The van der Waals surface area contributed by atoms with Gasteiger partial charge < -0.3 is 4.74 Å². The molecule has 0 radical (unpaired) electrons. The Bertz CT molecular complexity index is 234. The van der Waals surface area contributed by atoms with Crippen LogP contribution in [0.15, 0.2) is 0 Å². The molecule has 0 spiro atoms. The van der Waals surface area contributed by atoms with Crippen molar-refractivity contribution in [2.75, 3.05) is 0 Å². The van der Waals surface area contributed by atoms with Crippen LogP contribution in [0.3, 0.4) is 0 Å². The predicted molar refractivity (Wildman–Crippen MR) is 70.8 cm³/mol. The van der Waals surface area contributed by atoms with Gasteiger partial charge in [0, 0.05) is 0 Å². The minimum absolute atomic E-state index is 0.0380. The summed E-state index contributed by atoms with van der Waals surface area (Å²) < 4.78 is 5.38. The zero-order valence-corrected chi connectivity index (χ0v) is 11.9. The molecular weight excluding hydrogens is 212 g/mol. The molecule has 0 aliphatic heterocycles. The molecule has 100 valence electrons. The van der Waals surface area contributed by atoms with Crippen molar-refractivity contribution in [2.45, 2.75) is 78.2 Å². The first kappa shape index (κ1) is 14.5. The normalized spacial score (nSPS) is 19.3. The first-order chi connectivity index (χ1) is 7.88. The zero-order valence-electron chi connectivity index (χ0n) is 11.9. The lowest BCUT2D eigenvalue weighted by Gasteiger charge is -2.22. The summed E-state index contributed by atoms with van der Waals surface area (Å²) in [4.78, 5) is 11.8. The Balaban J connectivity index is 2.15. The van der Waals surface area contributed by atoms with E-state index in [2.05, 4.69) is 0 Å². The maximum absolute atomic E-state index is 11.8. The minimum atomic E-state index is -0.350. The van der Waals surface area contributed by atoms with E-state index in [4.69, 9.17) is 4.74 Å². The van der Waals surface area contributed by atoms with Crippen LogP contribution in [0.25, 0.3) is 0 Å². The van der Waals surface area contributed by atoms with Gasteiger partial charge in [0.15, 0.2) is 0 Å². The van der Waals surface area contributed by atoms with E-state index in [0.29, 0.717) is 0 Å². The van der Waals surface area contributed by atoms with E-state index in [0.717, 1.165) is 12.3 Å². The molecule has 0 aromatic carbocycles. The summed E-state index contributed by atoms with van der Waals surface area (Å²) in [5, 5.41) is 0. The SMILES string of the molecule is CC(CCCC1CCCC1)C(=O)OC(C)(C)C. The molecule has 1 aliphatic rings. The zero-order chi connectivity index (χ0) is 12.9. The van der Waals surface area contributed by atoms with Gasteiger partial charge in [0.2, 0.25) is 0 Å². The topological polar surface area (TPSA) is 26.3 Å². The highest BCUT2D eigenvalue weighted by Gasteiger charge is 2.22. The molecule has 2 nitrogen and oxygen atoms in total. The molecule has 0 bridgehead atoms. The highest BCUT2D eigenvalue weighted by molar-refractivity contribution is 5.72. The fraction of sp³-hybridized carbons (Fsp3) is 0.933. The van der Waals surface area contributed by atoms with Crippen LogP contribution in [0.2, 0.25) is 0 Å². The molecule has 2 heteroatoms. The molecule has 0 heterocycles. The number of esters is 1. The van der Waals surface area contributed by atoms with Gasteiger partial charge in [-0.15, -0.1) is 0 Å².